The molecule has 19 heavy (non-hydrogen) atoms. The second-order valence-electron chi connectivity index (χ2n) is 4.80. The van der Waals surface area contributed by atoms with Crippen LogP contribution >= 0.6 is 15.9 Å². The number of carbonyl (C=O) groups is 1. The molecule has 1 amide bonds. The molecule has 2 N–H and O–H groups in total. The van der Waals surface area contributed by atoms with Gasteiger partial charge in [-0.2, -0.15) is 0 Å². The molecule has 1 aliphatic heterocycles. The van der Waals surface area contributed by atoms with Crippen LogP contribution in [0.25, 0.3) is 0 Å². The van der Waals surface area contributed by atoms with Gasteiger partial charge in [-0.1, -0.05) is 28.1 Å². The van der Waals surface area contributed by atoms with E-state index in [9.17, 15) is 9.90 Å². The van der Waals surface area contributed by atoms with Gasteiger partial charge in [0.15, 0.2) is 0 Å². The maximum Gasteiger partial charge on any atom is 0.249 e. The van der Waals surface area contributed by atoms with E-state index in [4.69, 9.17) is 4.74 Å². The molecule has 0 aromatic heterocycles. The molecule has 0 radical (unpaired) electrons. The van der Waals surface area contributed by atoms with Crippen LogP contribution in [-0.2, 0) is 9.53 Å². The molecule has 1 fully saturated rings. The first-order valence-corrected chi connectivity index (χ1v) is 7.23. The van der Waals surface area contributed by atoms with Crippen LogP contribution in [-0.4, -0.2) is 29.8 Å². The third-order valence-electron chi connectivity index (χ3n) is 3.28. The van der Waals surface area contributed by atoms with Crippen molar-refractivity contribution in [1.82, 2.24) is 5.32 Å². The summed E-state index contributed by atoms with van der Waals surface area (Å²) in [5.41, 5.74) is 0.781. The molecule has 1 aromatic rings. The van der Waals surface area contributed by atoms with Crippen molar-refractivity contribution in [2.24, 2.45) is 0 Å². The average Bonchev–Trinajstić information content (AvgIpc) is 2.92. The van der Waals surface area contributed by atoms with E-state index in [1.807, 2.05) is 24.3 Å². The molecule has 1 saturated heterocycles. The summed E-state index contributed by atoms with van der Waals surface area (Å²) < 4.78 is 6.27. The van der Waals surface area contributed by atoms with Crippen molar-refractivity contribution in [2.75, 3.05) is 6.61 Å². The standard InChI is InChI=1S/C14H18BrNO3/c1-9(16-14(18)12-3-2-8-19-12)13(17)10-4-6-11(15)7-5-10/h4-7,9,12-13,17H,2-3,8H2,1H3,(H,16,18). The summed E-state index contributed by atoms with van der Waals surface area (Å²) in [5.74, 6) is -0.138. The lowest BCUT2D eigenvalue weighted by atomic mass is 10.0. The van der Waals surface area contributed by atoms with E-state index in [0.717, 1.165) is 22.9 Å². The van der Waals surface area contributed by atoms with Crippen molar-refractivity contribution in [2.45, 2.75) is 38.0 Å². The van der Waals surface area contributed by atoms with Crippen LogP contribution in [0.5, 0.6) is 0 Å². The van der Waals surface area contributed by atoms with Crippen molar-refractivity contribution < 1.29 is 14.6 Å². The zero-order chi connectivity index (χ0) is 13.8. The highest BCUT2D eigenvalue weighted by Crippen LogP contribution is 2.20. The van der Waals surface area contributed by atoms with Gasteiger partial charge < -0.3 is 15.2 Å². The Bertz CT molecular complexity index is 429. The second kappa shape index (κ2) is 6.50. The zero-order valence-corrected chi connectivity index (χ0v) is 12.4. The van der Waals surface area contributed by atoms with Crippen molar-refractivity contribution in [3.8, 4) is 0 Å². The normalized spacial score (nSPS) is 21.9. The number of hydrogen-bond acceptors (Lipinski definition) is 3. The Labute approximate surface area is 121 Å². The van der Waals surface area contributed by atoms with E-state index in [0.29, 0.717) is 6.61 Å². The van der Waals surface area contributed by atoms with Gasteiger partial charge in [0.2, 0.25) is 5.91 Å². The van der Waals surface area contributed by atoms with Gasteiger partial charge in [-0.3, -0.25) is 4.79 Å². The minimum absolute atomic E-state index is 0.138. The third-order valence-corrected chi connectivity index (χ3v) is 3.81. The highest BCUT2D eigenvalue weighted by molar-refractivity contribution is 9.10. The number of aliphatic hydroxyl groups excluding tert-OH is 1. The van der Waals surface area contributed by atoms with Crippen molar-refractivity contribution >= 4 is 21.8 Å². The summed E-state index contributed by atoms with van der Waals surface area (Å²) in [6, 6.07) is 7.06. The SMILES string of the molecule is CC(NC(=O)C1CCCO1)C(O)c1ccc(Br)cc1. The molecule has 0 saturated carbocycles. The Morgan fingerprint density at radius 1 is 1.47 bits per heavy atom. The van der Waals surface area contributed by atoms with Crippen LogP contribution < -0.4 is 5.32 Å². The van der Waals surface area contributed by atoms with Crippen molar-refractivity contribution in [3.05, 3.63) is 34.3 Å². The van der Waals surface area contributed by atoms with Crippen molar-refractivity contribution in [1.29, 1.82) is 0 Å². The number of hydrogen-bond donors (Lipinski definition) is 2. The van der Waals surface area contributed by atoms with E-state index in [1.165, 1.54) is 0 Å². The fraction of sp³-hybridized carbons (Fsp3) is 0.500. The molecule has 2 rings (SSSR count). The van der Waals surface area contributed by atoms with Gasteiger partial charge in [0.25, 0.3) is 0 Å². The van der Waals surface area contributed by atoms with Gasteiger partial charge in [0.1, 0.15) is 6.10 Å². The first-order chi connectivity index (χ1) is 9.08. The molecule has 4 nitrogen and oxygen atoms in total. The monoisotopic (exact) mass is 327 g/mol. The van der Waals surface area contributed by atoms with E-state index < -0.39 is 6.10 Å². The van der Waals surface area contributed by atoms with Crippen LogP contribution in [0.4, 0.5) is 0 Å². The van der Waals surface area contributed by atoms with Crippen LogP contribution in [0.2, 0.25) is 0 Å². The molecule has 0 spiro atoms. The number of amides is 1. The maximum absolute atomic E-state index is 11.9. The molecule has 0 bridgehead atoms. The number of carbonyl (C=O) groups excluding carboxylic acids is 1. The Balaban J connectivity index is 1.93. The molecule has 1 heterocycles. The average molecular weight is 328 g/mol. The zero-order valence-electron chi connectivity index (χ0n) is 10.8. The summed E-state index contributed by atoms with van der Waals surface area (Å²) >= 11 is 3.35. The number of aliphatic hydroxyl groups is 1. The molecule has 1 aromatic carbocycles. The predicted octanol–water partition coefficient (Wildman–Crippen LogP) is 2.17. The minimum Gasteiger partial charge on any atom is -0.386 e. The third kappa shape index (κ3) is 3.78. The predicted molar refractivity (Wildman–Crippen MR) is 75.7 cm³/mol. The van der Waals surface area contributed by atoms with E-state index in [-0.39, 0.29) is 18.1 Å². The highest BCUT2D eigenvalue weighted by atomic mass is 79.9. The summed E-state index contributed by atoms with van der Waals surface area (Å²) in [4.78, 5) is 11.9. The Hall–Kier alpha value is -0.910. The molecule has 1 aliphatic rings. The minimum atomic E-state index is -0.724. The topological polar surface area (TPSA) is 58.6 Å². The molecular weight excluding hydrogens is 310 g/mol. The number of ether oxygens (including phenoxy) is 1. The fourth-order valence-corrected chi connectivity index (χ4v) is 2.39. The Morgan fingerprint density at radius 2 is 2.16 bits per heavy atom. The Morgan fingerprint density at radius 3 is 2.74 bits per heavy atom. The highest BCUT2D eigenvalue weighted by Gasteiger charge is 2.26. The van der Waals surface area contributed by atoms with Crippen LogP contribution in [0.1, 0.15) is 31.4 Å². The maximum atomic E-state index is 11.9. The van der Waals surface area contributed by atoms with Gasteiger partial charge in [0.05, 0.1) is 12.1 Å². The number of benzene rings is 1. The van der Waals surface area contributed by atoms with Crippen LogP contribution in [0.15, 0.2) is 28.7 Å². The van der Waals surface area contributed by atoms with Gasteiger partial charge >= 0.3 is 0 Å². The van der Waals surface area contributed by atoms with E-state index in [1.54, 1.807) is 6.92 Å². The van der Waals surface area contributed by atoms with Gasteiger partial charge in [-0.05, 0) is 37.5 Å². The molecule has 0 aliphatic carbocycles. The fourth-order valence-electron chi connectivity index (χ4n) is 2.13. The van der Waals surface area contributed by atoms with Gasteiger partial charge in [-0.15, -0.1) is 0 Å². The smallest absolute Gasteiger partial charge is 0.249 e. The second-order valence-corrected chi connectivity index (χ2v) is 5.71. The first-order valence-electron chi connectivity index (χ1n) is 6.43. The number of nitrogens with one attached hydrogen (secondary N) is 1. The lowest BCUT2D eigenvalue weighted by molar-refractivity contribution is -0.131. The van der Waals surface area contributed by atoms with Crippen LogP contribution in [0, 0.1) is 0 Å². The molecular formula is C14H18BrNO3. The van der Waals surface area contributed by atoms with E-state index in [2.05, 4.69) is 21.2 Å². The molecule has 3 atom stereocenters. The summed E-state index contributed by atoms with van der Waals surface area (Å²) in [6.45, 7) is 2.43. The molecule has 5 heteroatoms. The first kappa shape index (κ1) is 14.5. The largest absolute Gasteiger partial charge is 0.386 e. The van der Waals surface area contributed by atoms with Crippen molar-refractivity contribution in [3.63, 3.8) is 0 Å². The van der Waals surface area contributed by atoms with Crippen LogP contribution in [0.3, 0.4) is 0 Å². The van der Waals surface area contributed by atoms with E-state index >= 15 is 0 Å². The lowest BCUT2D eigenvalue weighted by Crippen LogP contribution is -2.42. The summed E-state index contributed by atoms with van der Waals surface area (Å²) in [6.07, 6.45) is 0.590. The van der Waals surface area contributed by atoms with Gasteiger partial charge in [-0.25, -0.2) is 0 Å². The molecule has 3 unspecified atom stereocenters. The van der Waals surface area contributed by atoms with Gasteiger partial charge in [0, 0.05) is 11.1 Å². The number of rotatable bonds is 4. The number of halogens is 1. The summed E-state index contributed by atoms with van der Waals surface area (Å²) in [7, 11) is 0. The quantitative estimate of drug-likeness (QED) is 0.891. The summed E-state index contributed by atoms with van der Waals surface area (Å²) in [5, 5.41) is 13.0. The lowest BCUT2D eigenvalue weighted by Gasteiger charge is -2.22. The Kier molecular flexibility index (Phi) is 4.96. The molecule has 104 valence electrons.